The number of carbonyl (C=O) groups is 1. The van der Waals surface area contributed by atoms with Crippen molar-refractivity contribution in [3.63, 3.8) is 0 Å². The number of carbonyl (C=O) groups excluding carboxylic acids is 1. The molecule has 0 saturated carbocycles. The number of nitrogens with zero attached hydrogens (tertiary/aromatic N) is 4. The van der Waals surface area contributed by atoms with Crippen molar-refractivity contribution in [2.75, 3.05) is 31.2 Å². The van der Waals surface area contributed by atoms with E-state index in [1.54, 1.807) is 19.2 Å². The van der Waals surface area contributed by atoms with Gasteiger partial charge in [0.1, 0.15) is 23.6 Å². The Kier molecular flexibility index (Phi) is 6.16. The van der Waals surface area contributed by atoms with Crippen LogP contribution in [0.3, 0.4) is 0 Å². The van der Waals surface area contributed by atoms with Gasteiger partial charge >= 0.3 is 0 Å². The predicted octanol–water partition coefficient (Wildman–Crippen LogP) is 4.02. The van der Waals surface area contributed by atoms with Gasteiger partial charge in [0.05, 0.1) is 29.8 Å². The molecule has 5 rings (SSSR count). The van der Waals surface area contributed by atoms with Gasteiger partial charge in [0.15, 0.2) is 5.65 Å². The highest BCUT2D eigenvalue weighted by Gasteiger charge is 2.24. The van der Waals surface area contributed by atoms with Crippen molar-refractivity contribution in [3.8, 4) is 17.0 Å². The van der Waals surface area contributed by atoms with E-state index < -0.39 is 0 Å². The normalized spacial score (nSPS) is 14.3. The highest BCUT2D eigenvalue weighted by molar-refractivity contribution is 9.10. The van der Waals surface area contributed by atoms with E-state index in [4.69, 9.17) is 15.6 Å². The molecule has 34 heavy (non-hydrogen) atoms. The molecule has 3 heterocycles. The molecule has 0 spiro atoms. The van der Waals surface area contributed by atoms with Crippen LogP contribution in [0, 0.1) is 0 Å². The Balaban J connectivity index is 1.54. The first kappa shape index (κ1) is 22.3. The number of piperidine rings is 1. The van der Waals surface area contributed by atoms with Gasteiger partial charge < -0.3 is 21.1 Å². The highest BCUT2D eigenvalue weighted by atomic mass is 79.9. The van der Waals surface area contributed by atoms with E-state index in [1.807, 2.05) is 35.0 Å². The summed E-state index contributed by atoms with van der Waals surface area (Å²) in [5, 5.41) is 12.0. The number of hydrogen-bond acceptors (Lipinski definition) is 7. The van der Waals surface area contributed by atoms with Crippen LogP contribution >= 0.6 is 15.9 Å². The first-order valence-corrected chi connectivity index (χ1v) is 11.8. The number of ether oxygens (including phenoxy) is 1. The van der Waals surface area contributed by atoms with E-state index in [1.165, 1.54) is 6.33 Å². The van der Waals surface area contributed by atoms with E-state index >= 15 is 0 Å². The summed E-state index contributed by atoms with van der Waals surface area (Å²) < 4.78 is 8.30. The zero-order valence-electron chi connectivity index (χ0n) is 18.6. The van der Waals surface area contributed by atoms with Crippen LogP contribution in [0.25, 0.3) is 22.3 Å². The maximum atomic E-state index is 12.8. The molecule has 2 aromatic carbocycles. The van der Waals surface area contributed by atoms with Gasteiger partial charge in [0.25, 0.3) is 5.91 Å². The van der Waals surface area contributed by atoms with E-state index in [-0.39, 0.29) is 11.9 Å². The number of anilines is 2. The van der Waals surface area contributed by atoms with Crippen molar-refractivity contribution >= 4 is 44.4 Å². The number of aromatic nitrogens is 4. The van der Waals surface area contributed by atoms with Gasteiger partial charge in [-0.3, -0.25) is 4.79 Å². The van der Waals surface area contributed by atoms with Crippen LogP contribution in [0.5, 0.6) is 5.75 Å². The summed E-state index contributed by atoms with van der Waals surface area (Å²) >= 11 is 3.42. The zero-order chi connectivity index (χ0) is 23.7. The molecule has 0 unspecified atom stereocenters. The van der Waals surface area contributed by atoms with Crippen LogP contribution in [0.4, 0.5) is 11.5 Å². The minimum atomic E-state index is -0.239. The smallest absolute Gasteiger partial charge is 0.256 e. The molecule has 9 nitrogen and oxygen atoms in total. The summed E-state index contributed by atoms with van der Waals surface area (Å²) in [5.74, 6) is 0.653. The molecule has 0 aliphatic carbocycles. The second-order valence-electron chi connectivity index (χ2n) is 8.08. The summed E-state index contributed by atoms with van der Waals surface area (Å²) in [4.78, 5) is 21.5. The summed E-state index contributed by atoms with van der Waals surface area (Å²) in [6, 6.07) is 13.0. The topological polar surface area (TPSA) is 120 Å². The summed E-state index contributed by atoms with van der Waals surface area (Å²) in [7, 11) is 1.57. The van der Waals surface area contributed by atoms with Crippen LogP contribution in [0.1, 0.15) is 29.2 Å². The highest BCUT2D eigenvalue weighted by Crippen LogP contribution is 2.37. The molecule has 4 aromatic rings. The number of fused-ring (bicyclic) bond motifs is 1. The Morgan fingerprint density at radius 1 is 1.21 bits per heavy atom. The number of nitrogen functional groups attached to an aromatic ring is 1. The molecule has 4 N–H and O–H groups in total. The van der Waals surface area contributed by atoms with Gasteiger partial charge in [-0.15, -0.1) is 0 Å². The number of methoxy groups -OCH3 is 1. The molecule has 0 radical (unpaired) electrons. The van der Waals surface area contributed by atoms with Crippen molar-refractivity contribution in [3.05, 3.63) is 58.8 Å². The average Bonchev–Trinajstić information content (AvgIpc) is 3.26. The predicted molar refractivity (Wildman–Crippen MR) is 135 cm³/mol. The van der Waals surface area contributed by atoms with Crippen molar-refractivity contribution in [2.45, 2.75) is 18.9 Å². The Morgan fingerprint density at radius 2 is 2.00 bits per heavy atom. The molecule has 174 valence electrons. The van der Waals surface area contributed by atoms with E-state index in [9.17, 15) is 4.79 Å². The van der Waals surface area contributed by atoms with Crippen molar-refractivity contribution < 1.29 is 9.53 Å². The van der Waals surface area contributed by atoms with Gasteiger partial charge in [-0.1, -0.05) is 18.2 Å². The van der Waals surface area contributed by atoms with Gasteiger partial charge in [-0.05, 0) is 66.1 Å². The third kappa shape index (κ3) is 4.10. The van der Waals surface area contributed by atoms with Crippen LogP contribution in [-0.4, -0.2) is 45.9 Å². The van der Waals surface area contributed by atoms with Crippen LogP contribution in [-0.2, 0) is 0 Å². The lowest BCUT2D eigenvalue weighted by Gasteiger charge is -2.23. The van der Waals surface area contributed by atoms with Crippen LogP contribution in [0.15, 0.2) is 53.3 Å². The third-order valence-electron chi connectivity index (χ3n) is 6.01. The number of nitrogens with two attached hydrogens (primary N) is 1. The zero-order valence-corrected chi connectivity index (χ0v) is 20.2. The number of halogens is 1. The van der Waals surface area contributed by atoms with Crippen LogP contribution in [0.2, 0.25) is 0 Å². The molecule has 0 bridgehead atoms. The average molecular weight is 522 g/mol. The lowest BCUT2D eigenvalue weighted by Crippen LogP contribution is -2.30. The van der Waals surface area contributed by atoms with Crippen molar-refractivity contribution in [1.82, 2.24) is 25.1 Å². The van der Waals surface area contributed by atoms with E-state index in [0.29, 0.717) is 38.4 Å². The standard InChI is InChI=1S/C24H24BrN7O2/c1-34-19-12-14(6-7-18(19)30-24(33)16-4-2-3-5-17(16)25)21-20-22(26)28-13-29-23(20)32(31-21)15-8-10-27-11-9-15/h2-7,12-13,15,27H,8-11H2,1H3,(H,30,33)(H2,26,28,29). The molecule has 10 heteroatoms. The molecule has 2 aromatic heterocycles. The molecule has 1 fully saturated rings. The summed E-state index contributed by atoms with van der Waals surface area (Å²) in [5.41, 5.74) is 9.57. The third-order valence-corrected chi connectivity index (χ3v) is 6.71. The molecule has 1 amide bonds. The number of rotatable bonds is 5. The minimum absolute atomic E-state index is 0.233. The molecular formula is C24H24BrN7O2. The Hall–Kier alpha value is -3.50. The van der Waals surface area contributed by atoms with E-state index in [0.717, 1.165) is 37.1 Å². The van der Waals surface area contributed by atoms with E-state index in [2.05, 4.69) is 36.5 Å². The van der Waals surface area contributed by atoms with Crippen molar-refractivity contribution in [1.29, 1.82) is 0 Å². The Labute approximate surface area is 204 Å². The molecule has 1 saturated heterocycles. The Bertz CT molecular complexity index is 1360. The second-order valence-corrected chi connectivity index (χ2v) is 8.94. The number of hydrogen-bond donors (Lipinski definition) is 3. The molecular weight excluding hydrogens is 498 g/mol. The fourth-order valence-corrected chi connectivity index (χ4v) is 4.74. The fraction of sp³-hybridized carbons (Fsp3) is 0.250. The quantitative estimate of drug-likeness (QED) is 0.362. The largest absolute Gasteiger partial charge is 0.495 e. The lowest BCUT2D eigenvalue weighted by molar-refractivity contribution is 0.102. The lowest BCUT2D eigenvalue weighted by atomic mass is 10.1. The molecule has 1 aliphatic rings. The number of amides is 1. The first-order valence-electron chi connectivity index (χ1n) is 11.0. The monoisotopic (exact) mass is 521 g/mol. The van der Waals surface area contributed by atoms with Crippen molar-refractivity contribution in [2.24, 2.45) is 0 Å². The maximum absolute atomic E-state index is 12.8. The minimum Gasteiger partial charge on any atom is -0.495 e. The Morgan fingerprint density at radius 3 is 2.76 bits per heavy atom. The second kappa shape index (κ2) is 9.40. The van der Waals surface area contributed by atoms with Gasteiger partial charge in [0, 0.05) is 10.0 Å². The number of nitrogens with one attached hydrogen (secondary N) is 2. The molecule has 1 aliphatic heterocycles. The van der Waals surface area contributed by atoms with Gasteiger partial charge in [0.2, 0.25) is 0 Å². The molecule has 0 atom stereocenters. The SMILES string of the molecule is COc1cc(-c2nn(C3CCNCC3)c3ncnc(N)c23)ccc1NC(=O)c1ccccc1Br. The number of benzene rings is 2. The fourth-order valence-electron chi connectivity index (χ4n) is 4.28. The van der Waals surface area contributed by atoms with Gasteiger partial charge in [-0.2, -0.15) is 5.10 Å². The maximum Gasteiger partial charge on any atom is 0.256 e. The summed E-state index contributed by atoms with van der Waals surface area (Å²) in [6.45, 7) is 1.86. The first-order chi connectivity index (χ1) is 16.6. The van der Waals surface area contributed by atoms with Crippen LogP contribution < -0.4 is 21.1 Å². The summed E-state index contributed by atoms with van der Waals surface area (Å²) in [6.07, 6.45) is 3.40. The van der Waals surface area contributed by atoms with Gasteiger partial charge in [-0.25, -0.2) is 14.6 Å².